The van der Waals surface area contributed by atoms with Gasteiger partial charge in [-0.05, 0) is 30.6 Å². The van der Waals surface area contributed by atoms with E-state index in [1.165, 1.54) is 11.3 Å². The summed E-state index contributed by atoms with van der Waals surface area (Å²) < 4.78 is 0. The number of hydrogen-bond acceptors (Lipinski definition) is 1. The maximum Gasteiger partial charge on any atom is 0.0508 e. The lowest BCUT2D eigenvalue weighted by molar-refractivity contribution is 0.821. The van der Waals surface area contributed by atoms with E-state index in [9.17, 15) is 0 Å². The first kappa shape index (κ1) is 10.4. The average Bonchev–Trinajstić information content (AvgIpc) is 2.02. The quantitative estimate of drug-likeness (QED) is 0.717. The van der Waals surface area contributed by atoms with Gasteiger partial charge in [0.25, 0.3) is 0 Å². The van der Waals surface area contributed by atoms with Crippen molar-refractivity contribution in [3.63, 3.8) is 0 Å². The first-order chi connectivity index (χ1) is 6.09. The standard InChI is InChI=1S/C11H16ClN/c1-8(2)4-5-11-9(3)6-10(12)7-13-11/h4-6,8,13H,7H2,1-3H3/b5-4-. The van der Waals surface area contributed by atoms with Crippen LogP contribution in [-0.4, -0.2) is 6.54 Å². The molecule has 0 aromatic carbocycles. The molecule has 0 aromatic heterocycles. The first-order valence-electron chi connectivity index (χ1n) is 4.58. The van der Waals surface area contributed by atoms with Crippen LogP contribution in [0, 0.1) is 5.92 Å². The molecule has 0 atom stereocenters. The first-order valence-corrected chi connectivity index (χ1v) is 4.96. The van der Waals surface area contributed by atoms with E-state index in [0.29, 0.717) is 5.92 Å². The van der Waals surface area contributed by atoms with Crippen LogP contribution in [0.1, 0.15) is 20.8 Å². The number of nitrogens with one attached hydrogen (secondary N) is 1. The Kier molecular flexibility index (Phi) is 3.61. The van der Waals surface area contributed by atoms with Gasteiger partial charge in [0.2, 0.25) is 0 Å². The lowest BCUT2D eigenvalue weighted by Crippen LogP contribution is -2.18. The molecular weight excluding hydrogens is 182 g/mol. The van der Waals surface area contributed by atoms with Gasteiger partial charge in [-0.1, -0.05) is 31.5 Å². The molecule has 0 unspecified atom stereocenters. The van der Waals surface area contributed by atoms with Crippen LogP contribution in [0.2, 0.25) is 0 Å². The van der Waals surface area contributed by atoms with Crippen molar-refractivity contribution in [1.82, 2.24) is 5.32 Å². The molecule has 1 heterocycles. The molecule has 0 aromatic rings. The van der Waals surface area contributed by atoms with Gasteiger partial charge in [-0.15, -0.1) is 0 Å². The normalized spacial score (nSPS) is 18.1. The van der Waals surface area contributed by atoms with Gasteiger partial charge in [-0.25, -0.2) is 0 Å². The monoisotopic (exact) mass is 197 g/mol. The predicted molar refractivity (Wildman–Crippen MR) is 58.6 cm³/mol. The van der Waals surface area contributed by atoms with Gasteiger partial charge in [0, 0.05) is 10.7 Å². The lowest BCUT2D eigenvalue weighted by atomic mass is 10.1. The molecule has 0 saturated carbocycles. The maximum absolute atomic E-state index is 5.88. The van der Waals surface area contributed by atoms with Crippen molar-refractivity contribution in [3.05, 3.63) is 34.5 Å². The van der Waals surface area contributed by atoms with Crippen molar-refractivity contribution < 1.29 is 0 Å². The third-order valence-electron chi connectivity index (χ3n) is 1.89. The minimum absolute atomic E-state index is 0.587. The summed E-state index contributed by atoms with van der Waals surface area (Å²) in [4.78, 5) is 0. The van der Waals surface area contributed by atoms with Gasteiger partial charge in [-0.3, -0.25) is 0 Å². The van der Waals surface area contributed by atoms with Crippen LogP contribution in [0.3, 0.4) is 0 Å². The zero-order valence-electron chi connectivity index (χ0n) is 8.39. The third kappa shape index (κ3) is 3.27. The number of rotatable bonds is 2. The Morgan fingerprint density at radius 3 is 2.77 bits per heavy atom. The van der Waals surface area contributed by atoms with Crippen LogP contribution in [0.25, 0.3) is 0 Å². The van der Waals surface area contributed by atoms with E-state index >= 15 is 0 Å². The summed E-state index contributed by atoms with van der Waals surface area (Å²) in [6.45, 7) is 7.14. The molecule has 0 radical (unpaired) electrons. The summed E-state index contributed by atoms with van der Waals surface area (Å²) in [7, 11) is 0. The second kappa shape index (κ2) is 4.52. The molecule has 0 fully saturated rings. The molecule has 0 aliphatic carbocycles. The Balaban J connectivity index is 2.75. The molecule has 1 nitrogen and oxygen atoms in total. The Hall–Kier alpha value is -0.690. The Morgan fingerprint density at radius 2 is 2.23 bits per heavy atom. The third-order valence-corrected chi connectivity index (χ3v) is 2.14. The molecule has 13 heavy (non-hydrogen) atoms. The molecule has 0 saturated heterocycles. The van der Waals surface area contributed by atoms with Crippen LogP contribution in [-0.2, 0) is 0 Å². The van der Waals surface area contributed by atoms with Crippen molar-refractivity contribution in [2.75, 3.05) is 6.54 Å². The number of dihydropyridines is 1. The molecule has 1 aliphatic heterocycles. The van der Waals surface area contributed by atoms with Crippen molar-refractivity contribution >= 4 is 11.6 Å². The van der Waals surface area contributed by atoms with E-state index in [1.807, 2.05) is 6.08 Å². The highest BCUT2D eigenvalue weighted by molar-refractivity contribution is 6.30. The van der Waals surface area contributed by atoms with Crippen LogP contribution in [0.4, 0.5) is 0 Å². The zero-order valence-corrected chi connectivity index (χ0v) is 9.15. The van der Waals surface area contributed by atoms with Crippen molar-refractivity contribution in [2.45, 2.75) is 20.8 Å². The molecule has 1 N–H and O–H groups in total. The Bertz CT molecular complexity index is 272. The summed E-state index contributed by atoms with van der Waals surface area (Å²) in [5, 5.41) is 4.14. The fourth-order valence-electron chi connectivity index (χ4n) is 1.16. The van der Waals surface area contributed by atoms with Crippen LogP contribution >= 0.6 is 11.6 Å². The Labute approximate surface area is 85.2 Å². The van der Waals surface area contributed by atoms with Gasteiger partial charge < -0.3 is 5.32 Å². The molecule has 0 bridgehead atoms. The molecule has 72 valence electrons. The second-order valence-corrected chi connectivity index (χ2v) is 4.13. The van der Waals surface area contributed by atoms with Crippen LogP contribution in [0.5, 0.6) is 0 Å². The zero-order chi connectivity index (χ0) is 9.84. The lowest BCUT2D eigenvalue weighted by Gasteiger charge is -2.15. The smallest absolute Gasteiger partial charge is 0.0508 e. The minimum atomic E-state index is 0.587. The van der Waals surface area contributed by atoms with Gasteiger partial charge in [0.05, 0.1) is 6.54 Å². The van der Waals surface area contributed by atoms with E-state index in [-0.39, 0.29) is 0 Å². The van der Waals surface area contributed by atoms with E-state index in [0.717, 1.165) is 11.6 Å². The highest BCUT2D eigenvalue weighted by Gasteiger charge is 2.04. The summed E-state index contributed by atoms with van der Waals surface area (Å²) in [6, 6.07) is 0. The topological polar surface area (TPSA) is 12.0 Å². The van der Waals surface area contributed by atoms with Crippen LogP contribution < -0.4 is 5.32 Å². The SMILES string of the molecule is CC1=C(/C=C\C(C)C)NCC(Cl)=C1. The van der Waals surface area contributed by atoms with Gasteiger partial charge in [0.15, 0.2) is 0 Å². The number of halogens is 1. The summed E-state index contributed by atoms with van der Waals surface area (Å²) in [5.41, 5.74) is 2.38. The molecule has 2 heteroatoms. The summed E-state index contributed by atoms with van der Waals surface area (Å²) >= 11 is 5.88. The van der Waals surface area contributed by atoms with E-state index < -0.39 is 0 Å². The van der Waals surface area contributed by atoms with Gasteiger partial charge in [-0.2, -0.15) is 0 Å². The summed E-state index contributed by atoms with van der Waals surface area (Å²) in [5.74, 6) is 0.587. The van der Waals surface area contributed by atoms with Crippen molar-refractivity contribution in [2.24, 2.45) is 5.92 Å². The molecule has 0 spiro atoms. The van der Waals surface area contributed by atoms with E-state index in [2.05, 4.69) is 38.2 Å². The highest BCUT2D eigenvalue weighted by Crippen LogP contribution is 2.15. The summed E-state index contributed by atoms with van der Waals surface area (Å²) in [6.07, 6.45) is 6.32. The fourth-order valence-corrected chi connectivity index (χ4v) is 1.39. The molecule has 1 rings (SSSR count). The fraction of sp³-hybridized carbons (Fsp3) is 0.455. The molecule has 0 amide bonds. The highest BCUT2D eigenvalue weighted by atomic mass is 35.5. The number of allylic oxidation sites excluding steroid dienone is 4. The largest absolute Gasteiger partial charge is 0.380 e. The van der Waals surface area contributed by atoms with Crippen molar-refractivity contribution in [1.29, 1.82) is 0 Å². The van der Waals surface area contributed by atoms with Gasteiger partial charge in [0.1, 0.15) is 0 Å². The van der Waals surface area contributed by atoms with Crippen molar-refractivity contribution in [3.8, 4) is 0 Å². The number of hydrogen-bond donors (Lipinski definition) is 1. The minimum Gasteiger partial charge on any atom is -0.380 e. The molecular formula is C11H16ClN. The average molecular weight is 198 g/mol. The van der Waals surface area contributed by atoms with Crippen LogP contribution in [0.15, 0.2) is 34.5 Å². The predicted octanol–water partition coefficient (Wildman–Crippen LogP) is 3.20. The van der Waals surface area contributed by atoms with E-state index in [1.54, 1.807) is 0 Å². The van der Waals surface area contributed by atoms with E-state index in [4.69, 9.17) is 11.6 Å². The molecule has 1 aliphatic rings. The van der Waals surface area contributed by atoms with Gasteiger partial charge >= 0.3 is 0 Å². The Morgan fingerprint density at radius 1 is 1.54 bits per heavy atom. The second-order valence-electron chi connectivity index (χ2n) is 3.64. The maximum atomic E-state index is 5.88.